The molecule has 0 spiro atoms. The van der Waals surface area contributed by atoms with E-state index in [1.807, 2.05) is 5.32 Å². The molecule has 1 atom stereocenters. The van der Waals surface area contributed by atoms with Gasteiger partial charge in [-0.2, -0.15) is 8.78 Å². The lowest BCUT2D eigenvalue weighted by molar-refractivity contribution is -0.182. The molecule has 0 radical (unpaired) electrons. The molecule has 2 heterocycles. The summed E-state index contributed by atoms with van der Waals surface area (Å²) in [4.78, 5) is 43.9. The Morgan fingerprint density at radius 2 is 1.97 bits per heavy atom. The van der Waals surface area contributed by atoms with Gasteiger partial charge >= 0.3 is 12.5 Å². The van der Waals surface area contributed by atoms with E-state index in [0.717, 1.165) is 12.8 Å². The Morgan fingerprint density at radius 3 is 2.67 bits per heavy atom. The minimum atomic E-state index is -3.16. The number of carbonyl (C=O) groups excluding carboxylic acids is 3. The number of hydrogen-bond acceptors (Lipinski definition) is 6. The van der Waals surface area contributed by atoms with E-state index in [4.69, 9.17) is 9.57 Å². The maximum Gasteiger partial charge on any atom is 0.414 e. The lowest BCUT2D eigenvalue weighted by atomic mass is 10.2. The number of rotatable bonds is 7. The first kappa shape index (κ1) is 23.1. The Kier molecular flexibility index (Phi) is 6.91. The van der Waals surface area contributed by atoms with Gasteiger partial charge in [-0.25, -0.2) is 14.2 Å². The van der Waals surface area contributed by atoms with Gasteiger partial charge in [-0.05, 0) is 37.0 Å². The monoisotopic (exact) mass is 470 g/mol. The Bertz CT molecular complexity index is 914. The van der Waals surface area contributed by atoms with Crippen LogP contribution in [0.15, 0.2) is 18.2 Å². The van der Waals surface area contributed by atoms with Crippen molar-refractivity contribution >= 4 is 29.3 Å². The molecule has 180 valence electrons. The number of amides is 3. The van der Waals surface area contributed by atoms with E-state index in [0.29, 0.717) is 37.7 Å². The molecule has 0 aromatic heterocycles. The molecule has 1 aromatic carbocycles. The number of nitrogens with zero attached hydrogens (tertiary/aromatic N) is 3. The number of nitrogens with one attached hydrogen (secondary N) is 1. The SMILES string of the molecule is O=C(NCC1CN(c2ccc(N3CCON(C(=O)CC4CC4)CC3)c(F)c2)C(=O)O1)C(F)F. The summed E-state index contributed by atoms with van der Waals surface area (Å²) in [5.74, 6) is -1.62. The van der Waals surface area contributed by atoms with E-state index in [1.54, 1.807) is 11.0 Å². The van der Waals surface area contributed by atoms with Gasteiger partial charge in [0.25, 0.3) is 5.91 Å². The van der Waals surface area contributed by atoms with Gasteiger partial charge in [0.15, 0.2) is 0 Å². The lowest BCUT2D eigenvalue weighted by Crippen LogP contribution is -2.37. The van der Waals surface area contributed by atoms with Crippen molar-refractivity contribution in [3.8, 4) is 0 Å². The highest BCUT2D eigenvalue weighted by atomic mass is 19.3. The molecule has 9 nitrogen and oxygen atoms in total. The first-order valence-corrected chi connectivity index (χ1v) is 10.8. The van der Waals surface area contributed by atoms with Gasteiger partial charge in [-0.1, -0.05) is 0 Å². The van der Waals surface area contributed by atoms with Gasteiger partial charge in [0, 0.05) is 19.5 Å². The Hall–Kier alpha value is -3.02. The van der Waals surface area contributed by atoms with Crippen LogP contribution in [-0.4, -0.2) is 74.8 Å². The van der Waals surface area contributed by atoms with Crippen LogP contribution in [0.3, 0.4) is 0 Å². The molecule has 3 aliphatic rings. The van der Waals surface area contributed by atoms with E-state index < -0.39 is 30.3 Å². The van der Waals surface area contributed by atoms with Crippen LogP contribution < -0.4 is 15.1 Å². The van der Waals surface area contributed by atoms with Gasteiger partial charge in [-0.15, -0.1) is 0 Å². The lowest BCUT2D eigenvalue weighted by Gasteiger charge is -2.24. The van der Waals surface area contributed by atoms with E-state index in [-0.39, 0.29) is 31.3 Å². The molecule has 2 saturated heterocycles. The molecule has 1 aromatic rings. The van der Waals surface area contributed by atoms with Crippen LogP contribution >= 0.6 is 0 Å². The molecule has 2 aliphatic heterocycles. The van der Waals surface area contributed by atoms with Crippen LogP contribution in [0.1, 0.15) is 19.3 Å². The third-order valence-electron chi connectivity index (χ3n) is 5.78. The molecule has 12 heteroatoms. The third-order valence-corrected chi connectivity index (χ3v) is 5.78. The van der Waals surface area contributed by atoms with Crippen molar-refractivity contribution in [3.63, 3.8) is 0 Å². The van der Waals surface area contributed by atoms with Crippen molar-refractivity contribution in [1.82, 2.24) is 10.4 Å². The molecule has 1 N–H and O–H groups in total. The number of halogens is 3. The first-order valence-electron chi connectivity index (χ1n) is 10.8. The van der Waals surface area contributed by atoms with Crippen molar-refractivity contribution in [2.45, 2.75) is 31.8 Å². The number of carbonyl (C=O) groups is 3. The maximum absolute atomic E-state index is 14.9. The Morgan fingerprint density at radius 1 is 1.18 bits per heavy atom. The highest BCUT2D eigenvalue weighted by Gasteiger charge is 2.34. The van der Waals surface area contributed by atoms with Crippen LogP contribution in [0.2, 0.25) is 0 Å². The molecule has 33 heavy (non-hydrogen) atoms. The fourth-order valence-electron chi connectivity index (χ4n) is 3.81. The topological polar surface area (TPSA) is 91.4 Å². The van der Waals surface area contributed by atoms with Crippen LogP contribution in [0.5, 0.6) is 0 Å². The number of alkyl halides is 2. The van der Waals surface area contributed by atoms with Gasteiger partial charge in [-0.3, -0.25) is 19.3 Å². The summed E-state index contributed by atoms with van der Waals surface area (Å²) >= 11 is 0. The number of benzene rings is 1. The van der Waals surface area contributed by atoms with E-state index >= 15 is 0 Å². The normalized spacial score (nSPS) is 21.3. The van der Waals surface area contributed by atoms with Gasteiger partial charge in [0.1, 0.15) is 11.9 Å². The predicted octanol–water partition coefficient (Wildman–Crippen LogP) is 1.91. The summed E-state index contributed by atoms with van der Waals surface area (Å²) in [5, 5.41) is 3.36. The van der Waals surface area contributed by atoms with Crippen LogP contribution in [0.25, 0.3) is 0 Å². The van der Waals surface area contributed by atoms with Crippen molar-refractivity contribution in [1.29, 1.82) is 0 Å². The zero-order valence-corrected chi connectivity index (χ0v) is 17.8. The summed E-state index contributed by atoms with van der Waals surface area (Å²) in [6, 6.07) is 4.28. The molecule has 1 unspecified atom stereocenters. The van der Waals surface area contributed by atoms with Gasteiger partial charge in [0.05, 0.1) is 37.6 Å². The zero-order valence-electron chi connectivity index (χ0n) is 17.8. The predicted molar refractivity (Wildman–Crippen MR) is 110 cm³/mol. The molecule has 0 bridgehead atoms. The fourth-order valence-corrected chi connectivity index (χ4v) is 3.81. The molecule has 3 amide bonds. The molecule has 1 saturated carbocycles. The summed E-state index contributed by atoms with van der Waals surface area (Å²) < 4.78 is 44.6. The van der Waals surface area contributed by atoms with E-state index in [1.165, 1.54) is 22.1 Å². The number of hydroxylamine groups is 2. The summed E-state index contributed by atoms with van der Waals surface area (Å²) in [6.45, 7) is 1.05. The Balaban J connectivity index is 1.35. The average molecular weight is 470 g/mol. The number of anilines is 2. The minimum absolute atomic E-state index is 0.0171. The second-order valence-corrected chi connectivity index (χ2v) is 8.26. The van der Waals surface area contributed by atoms with E-state index in [2.05, 4.69) is 0 Å². The van der Waals surface area contributed by atoms with Crippen molar-refractivity contribution in [2.75, 3.05) is 49.1 Å². The molecule has 3 fully saturated rings. The Labute approximate surface area is 188 Å². The van der Waals surface area contributed by atoms with Gasteiger partial charge < -0.3 is 15.0 Å². The average Bonchev–Trinajstić information content (AvgIpc) is 3.56. The van der Waals surface area contributed by atoms with E-state index in [9.17, 15) is 27.6 Å². The number of cyclic esters (lactones) is 1. The summed E-state index contributed by atoms with van der Waals surface area (Å²) in [5.41, 5.74) is 0.559. The minimum Gasteiger partial charge on any atom is -0.442 e. The quantitative estimate of drug-likeness (QED) is 0.655. The standard InChI is InChI=1S/C21H25F3N4O5/c22-16-10-14(27-12-15(33-21(27)31)11-25-20(30)19(23)24)3-4-17(16)26-5-6-28(32-8-7-26)18(29)9-13-1-2-13/h3-4,10,13,15,19H,1-2,5-9,11-12H2,(H,25,30). The second kappa shape index (κ2) is 9.86. The summed E-state index contributed by atoms with van der Waals surface area (Å²) in [6.07, 6.45) is -2.14. The van der Waals surface area contributed by atoms with Crippen molar-refractivity contribution in [2.24, 2.45) is 5.92 Å². The molecule has 4 rings (SSSR count). The van der Waals surface area contributed by atoms with Crippen LogP contribution in [0.4, 0.5) is 29.3 Å². The maximum atomic E-state index is 14.9. The molecular formula is C21H25F3N4O5. The van der Waals surface area contributed by atoms with Gasteiger partial charge in [0.2, 0.25) is 5.91 Å². The molecule has 1 aliphatic carbocycles. The third kappa shape index (κ3) is 5.67. The zero-order chi connectivity index (χ0) is 23.5. The van der Waals surface area contributed by atoms with Crippen LogP contribution in [0, 0.1) is 11.7 Å². The first-order chi connectivity index (χ1) is 15.8. The van der Waals surface area contributed by atoms with Crippen molar-refractivity contribution < 1.29 is 37.1 Å². The number of ether oxygens (including phenoxy) is 1. The molecular weight excluding hydrogens is 445 g/mol. The highest BCUT2D eigenvalue weighted by Crippen LogP contribution is 2.33. The van der Waals surface area contributed by atoms with Crippen LogP contribution in [-0.2, 0) is 19.2 Å². The second-order valence-electron chi connectivity index (χ2n) is 8.26. The fraction of sp³-hybridized carbons (Fsp3) is 0.571. The summed E-state index contributed by atoms with van der Waals surface area (Å²) in [7, 11) is 0. The smallest absolute Gasteiger partial charge is 0.414 e. The highest BCUT2D eigenvalue weighted by molar-refractivity contribution is 5.90. The number of hydrogen-bond donors (Lipinski definition) is 1. The van der Waals surface area contributed by atoms with Crippen molar-refractivity contribution in [3.05, 3.63) is 24.0 Å². The largest absolute Gasteiger partial charge is 0.442 e.